The zero-order chi connectivity index (χ0) is 15.5. The average molecular weight is 289 g/mol. The first kappa shape index (κ1) is 15.5. The number of rotatable bonds is 0. The van der Waals surface area contributed by atoms with Gasteiger partial charge in [0.25, 0.3) is 0 Å². The molecule has 5 nitrogen and oxygen atoms in total. The zero-order valence-electron chi connectivity index (χ0n) is 10.2. The van der Waals surface area contributed by atoms with Crippen molar-refractivity contribution in [2.45, 2.75) is 13.1 Å². The van der Waals surface area contributed by atoms with Gasteiger partial charge in [-0.15, -0.1) is 0 Å². The van der Waals surface area contributed by atoms with Gasteiger partial charge >= 0.3 is 17.8 Å². The Hall–Kier alpha value is -2.51. The quantitative estimate of drug-likeness (QED) is 0.726. The van der Waals surface area contributed by atoms with Crippen molar-refractivity contribution in [2.75, 3.05) is 5.73 Å². The van der Waals surface area contributed by atoms with E-state index in [1.54, 1.807) is 6.07 Å². The monoisotopic (exact) mass is 289 g/mol. The second kappa shape index (κ2) is 5.64. The maximum atomic E-state index is 11.2. The summed E-state index contributed by atoms with van der Waals surface area (Å²) in [6.07, 6.45) is -5.08. The number of hydrogen-bond acceptors (Lipinski definition) is 4. The van der Waals surface area contributed by atoms with Crippen molar-refractivity contribution < 1.29 is 27.5 Å². The van der Waals surface area contributed by atoms with Gasteiger partial charge in [-0.3, -0.25) is 0 Å². The predicted molar refractivity (Wildman–Crippen MR) is 65.3 cm³/mol. The van der Waals surface area contributed by atoms with Gasteiger partial charge in [0, 0.05) is 5.39 Å². The molecule has 1 aromatic heterocycles. The number of alkyl halides is 3. The van der Waals surface area contributed by atoms with Crippen LogP contribution in [0.5, 0.6) is 0 Å². The molecular formula is C12H10F3NO4. The summed E-state index contributed by atoms with van der Waals surface area (Å²) in [5, 5.41) is 8.01. The van der Waals surface area contributed by atoms with Crippen LogP contribution in [0.2, 0.25) is 0 Å². The van der Waals surface area contributed by atoms with Gasteiger partial charge in [-0.05, 0) is 18.6 Å². The smallest absolute Gasteiger partial charge is 0.475 e. The first-order valence-electron chi connectivity index (χ1n) is 5.22. The summed E-state index contributed by atoms with van der Waals surface area (Å²) in [5.41, 5.74) is 6.64. The number of nitrogen functional groups attached to an aromatic ring is 1. The van der Waals surface area contributed by atoms with Gasteiger partial charge < -0.3 is 15.3 Å². The van der Waals surface area contributed by atoms with Gasteiger partial charge in [0.05, 0.1) is 0 Å². The molecule has 108 valence electrons. The van der Waals surface area contributed by atoms with E-state index in [0.29, 0.717) is 5.58 Å². The number of carboxylic acid groups (broad SMARTS) is 1. The van der Waals surface area contributed by atoms with Crippen LogP contribution >= 0.6 is 0 Å². The molecule has 0 radical (unpaired) electrons. The molecule has 2 rings (SSSR count). The predicted octanol–water partition coefficient (Wildman–Crippen LogP) is 2.32. The topological polar surface area (TPSA) is 93.5 Å². The van der Waals surface area contributed by atoms with E-state index in [9.17, 15) is 18.0 Å². The lowest BCUT2D eigenvalue weighted by Crippen LogP contribution is -2.21. The van der Waals surface area contributed by atoms with Crippen molar-refractivity contribution in [2.24, 2.45) is 0 Å². The maximum Gasteiger partial charge on any atom is 0.490 e. The number of carboxylic acids is 1. The first-order valence-corrected chi connectivity index (χ1v) is 5.22. The van der Waals surface area contributed by atoms with Gasteiger partial charge in [-0.1, -0.05) is 18.2 Å². The molecule has 0 saturated heterocycles. The van der Waals surface area contributed by atoms with Crippen LogP contribution in [-0.4, -0.2) is 17.3 Å². The third kappa shape index (κ3) is 3.50. The Kier molecular flexibility index (Phi) is 4.38. The molecule has 1 heterocycles. The van der Waals surface area contributed by atoms with Gasteiger partial charge in [0.1, 0.15) is 11.3 Å². The fraction of sp³-hybridized carbons (Fsp3) is 0.167. The van der Waals surface area contributed by atoms with E-state index >= 15 is 0 Å². The number of fused-ring (bicyclic) bond motifs is 1. The standard InChI is InChI=1S/C10H9NO2.C2HF3O2/c1-6-7-4-2-3-5-8(7)13-10(12)9(6)11;3-2(4,5)1(6)7/h2-5H,11H2,1H3;(H,6,7). The summed E-state index contributed by atoms with van der Waals surface area (Å²) in [7, 11) is 0. The normalized spacial score (nSPS) is 10.8. The molecule has 3 N–H and O–H groups in total. The van der Waals surface area contributed by atoms with E-state index in [1.165, 1.54) is 0 Å². The Morgan fingerprint density at radius 2 is 1.80 bits per heavy atom. The highest BCUT2D eigenvalue weighted by atomic mass is 19.4. The number of carbonyl (C=O) groups is 1. The van der Waals surface area contributed by atoms with E-state index in [2.05, 4.69) is 0 Å². The number of nitrogens with two attached hydrogens (primary N) is 1. The number of para-hydroxylation sites is 1. The minimum absolute atomic E-state index is 0.193. The van der Waals surface area contributed by atoms with Gasteiger partial charge in [0.15, 0.2) is 0 Å². The van der Waals surface area contributed by atoms with Crippen molar-refractivity contribution in [3.8, 4) is 0 Å². The Morgan fingerprint density at radius 1 is 1.30 bits per heavy atom. The van der Waals surface area contributed by atoms with Gasteiger partial charge in [-0.2, -0.15) is 13.2 Å². The largest absolute Gasteiger partial charge is 0.490 e. The third-order valence-corrected chi connectivity index (χ3v) is 2.36. The van der Waals surface area contributed by atoms with Crippen LogP contribution in [0, 0.1) is 6.92 Å². The molecule has 0 unspecified atom stereocenters. The Morgan fingerprint density at radius 3 is 2.30 bits per heavy atom. The van der Waals surface area contributed by atoms with E-state index in [4.69, 9.17) is 20.1 Å². The van der Waals surface area contributed by atoms with E-state index in [0.717, 1.165) is 10.9 Å². The molecule has 0 fully saturated rings. The summed E-state index contributed by atoms with van der Waals surface area (Å²) in [5.74, 6) is -2.76. The highest BCUT2D eigenvalue weighted by molar-refractivity contribution is 5.83. The van der Waals surface area contributed by atoms with Crippen molar-refractivity contribution in [1.82, 2.24) is 0 Å². The van der Waals surface area contributed by atoms with Crippen molar-refractivity contribution in [3.63, 3.8) is 0 Å². The maximum absolute atomic E-state index is 11.2. The number of benzene rings is 1. The number of hydrogen-bond donors (Lipinski definition) is 2. The number of aliphatic carboxylic acids is 1. The third-order valence-electron chi connectivity index (χ3n) is 2.36. The molecule has 2 aromatic rings. The van der Waals surface area contributed by atoms with Gasteiger partial charge in [0.2, 0.25) is 0 Å². The minimum Gasteiger partial charge on any atom is -0.475 e. The molecule has 8 heteroatoms. The summed E-state index contributed by atoms with van der Waals surface area (Å²) in [6, 6.07) is 7.34. The number of aryl methyl sites for hydroxylation is 1. The minimum atomic E-state index is -5.08. The SMILES string of the molecule is Cc1c(N)c(=O)oc2ccccc12.O=C(O)C(F)(F)F. The highest BCUT2D eigenvalue weighted by Gasteiger charge is 2.38. The van der Waals surface area contributed by atoms with Crippen LogP contribution in [0.1, 0.15) is 5.56 Å². The second-order valence-electron chi connectivity index (χ2n) is 3.73. The van der Waals surface area contributed by atoms with Crippen molar-refractivity contribution in [3.05, 3.63) is 40.2 Å². The molecule has 0 aliphatic carbocycles. The van der Waals surface area contributed by atoms with E-state index in [1.807, 2.05) is 25.1 Å². The molecule has 0 amide bonds. The van der Waals surface area contributed by atoms with Crippen LogP contribution in [-0.2, 0) is 4.79 Å². The second-order valence-corrected chi connectivity index (χ2v) is 3.73. The lowest BCUT2D eigenvalue weighted by atomic mass is 10.1. The fourth-order valence-electron chi connectivity index (χ4n) is 1.32. The Labute approximate surface area is 110 Å². The molecule has 0 saturated carbocycles. The summed E-state index contributed by atoms with van der Waals surface area (Å²) in [4.78, 5) is 20.1. The van der Waals surface area contributed by atoms with Gasteiger partial charge in [-0.25, -0.2) is 9.59 Å². The fourth-order valence-corrected chi connectivity index (χ4v) is 1.32. The molecule has 0 spiro atoms. The molecule has 0 aliphatic rings. The molecule has 0 aliphatic heterocycles. The molecule has 0 atom stereocenters. The lowest BCUT2D eigenvalue weighted by molar-refractivity contribution is -0.192. The van der Waals surface area contributed by atoms with E-state index < -0.39 is 17.8 Å². The Bertz CT molecular complexity index is 691. The van der Waals surface area contributed by atoms with E-state index in [-0.39, 0.29) is 5.69 Å². The zero-order valence-corrected chi connectivity index (χ0v) is 10.2. The van der Waals surface area contributed by atoms with Crippen LogP contribution in [0.4, 0.5) is 18.9 Å². The first-order chi connectivity index (χ1) is 9.14. The van der Waals surface area contributed by atoms with Crippen LogP contribution in [0.25, 0.3) is 11.0 Å². The lowest BCUT2D eigenvalue weighted by Gasteiger charge is -2.01. The highest BCUT2D eigenvalue weighted by Crippen LogP contribution is 2.19. The number of halogens is 3. The summed E-state index contributed by atoms with van der Waals surface area (Å²) < 4.78 is 36.7. The molecular weight excluding hydrogens is 279 g/mol. The van der Waals surface area contributed by atoms with Crippen LogP contribution in [0.15, 0.2) is 33.5 Å². The molecule has 1 aromatic carbocycles. The molecule has 0 bridgehead atoms. The summed E-state index contributed by atoms with van der Waals surface area (Å²) in [6.45, 7) is 1.81. The summed E-state index contributed by atoms with van der Waals surface area (Å²) >= 11 is 0. The van der Waals surface area contributed by atoms with Crippen LogP contribution < -0.4 is 11.4 Å². The van der Waals surface area contributed by atoms with Crippen molar-refractivity contribution >= 4 is 22.6 Å². The molecule has 20 heavy (non-hydrogen) atoms. The number of anilines is 1. The van der Waals surface area contributed by atoms with Crippen LogP contribution in [0.3, 0.4) is 0 Å². The van der Waals surface area contributed by atoms with Crippen molar-refractivity contribution in [1.29, 1.82) is 0 Å². The Balaban J connectivity index is 0.000000246. The average Bonchev–Trinajstić information content (AvgIpc) is 2.36.